The van der Waals surface area contributed by atoms with Crippen molar-refractivity contribution < 1.29 is 0 Å². The van der Waals surface area contributed by atoms with Gasteiger partial charge < -0.3 is 11.1 Å². The monoisotopic (exact) mass is 275 g/mol. The lowest BCUT2D eigenvalue weighted by Crippen LogP contribution is -2.19. The van der Waals surface area contributed by atoms with Gasteiger partial charge in [-0.15, -0.1) is 11.3 Å². The largest absolute Gasteiger partial charge is 0.399 e. The number of aryl methyl sites for hydroxylation is 2. The first-order valence-corrected chi connectivity index (χ1v) is 7.58. The van der Waals surface area contributed by atoms with Crippen LogP contribution in [0.1, 0.15) is 22.7 Å². The molecule has 1 aromatic heterocycles. The SMILES string of the molecule is Cc1csc(CCNCCCc2cccc(N)c2)n1. The molecular formula is C15H21N3S. The van der Waals surface area contributed by atoms with Crippen LogP contribution in [0.4, 0.5) is 5.69 Å². The number of anilines is 1. The lowest BCUT2D eigenvalue weighted by atomic mass is 10.1. The van der Waals surface area contributed by atoms with Crippen molar-refractivity contribution in [2.24, 2.45) is 0 Å². The maximum atomic E-state index is 5.76. The maximum absolute atomic E-state index is 5.76. The second-order valence-corrected chi connectivity index (χ2v) is 5.67. The minimum absolute atomic E-state index is 0.851. The quantitative estimate of drug-likeness (QED) is 0.603. The topological polar surface area (TPSA) is 50.9 Å². The van der Waals surface area contributed by atoms with E-state index in [9.17, 15) is 0 Å². The minimum Gasteiger partial charge on any atom is -0.399 e. The van der Waals surface area contributed by atoms with Crippen molar-refractivity contribution in [1.82, 2.24) is 10.3 Å². The van der Waals surface area contributed by atoms with E-state index >= 15 is 0 Å². The molecule has 0 aliphatic carbocycles. The summed E-state index contributed by atoms with van der Waals surface area (Å²) < 4.78 is 0. The average molecular weight is 275 g/mol. The highest BCUT2D eigenvalue weighted by Crippen LogP contribution is 2.09. The molecule has 0 aliphatic rings. The summed E-state index contributed by atoms with van der Waals surface area (Å²) in [6, 6.07) is 8.13. The van der Waals surface area contributed by atoms with E-state index in [-0.39, 0.29) is 0 Å². The van der Waals surface area contributed by atoms with Crippen LogP contribution < -0.4 is 11.1 Å². The molecule has 3 N–H and O–H groups in total. The molecule has 0 spiro atoms. The summed E-state index contributed by atoms with van der Waals surface area (Å²) >= 11 is 1.75. The molecule has 1 aromatic carbocycles. The summed E-state index contributed by atoms with van der Waals surface area (Å²) in [5.41, 5.74) is 9.05. The standard InChI is InChI=1S/C15H21N3S/c1-12-11-19-15(18-12)7-9-17-8-3-5-13-4-2-6-14(16)10-13/h2,4,6,10-11,17H,3,5,7-9,16H2,1H3. The summed E-state index contributed by atoms with van der Waals surface area (Å²) in [7, 11) is 0. The highest BCUT2D eigenvalue weighted by molar-refractivity contribution is 7.09. The Morgan fingerprint density at radius 3 is 2.89 bits per heavy atom. The third kappa shape index (κ3) is 5.01. The van der Waals surface area contributed by atoms with Crippen molar-refractivity contribution in [3.05, 3.63) is 45.9 Å². The molecule has 0 radical (unpaired) electrons. The molecule has 0 bridgehead atoms. The predicted octanol–water partition coefficient (Wildman–Crippen LogP) is 2.80. The van der Waals surface area contributed by atoms with Crippen molar-refractivity contribution in [1.29, 1.82) is 0 Å². The Hall–Kier alpha value is -1.39. The van der Waals surface area contributed by atoms with Gasteiger partial charge >= 0.3 is 0 Å². The van der Waals surface area contributed by atoms with Crippen LogP contribution in [0.25, 0.3) is 0 Å². The number of nitrogens with one attached hydrogen (secondary N) is 1. The van der Waals surface area contributed by atoms with E-state index in [1.54, 1.807) is 11.3 Å². The van der Waals surface area contributed by atoms with Gasteiger partial charge in [0.1, 0.15) is 0 Å². The Kier molecular flexibility index (Phi) is 5.36. The van der Waals surface area contributed by atoms with Gasteiger partial charge in [0, 0.05) is 29.7 Å². The molecule has 0 fully saturated rings. The van der Waals surface area contributed by atoms with E-state index in [0.717, 1.165) is 43.7 Å². The molecule has 3 nitrogen and oxygen atoms in total. The molecule has 0 saturated heterocycles. The van der Waals surface area contributed by atoms with Gasteiger partial charge in [-0.2, -0.15) is 0 Å². The van der Waals surface area contributed by atoms with Crippen LogP contribution in [-0.4, -0.2) is 18.1 Å². The Bertz CT molecular complexity index is 508. The lowest BCUT2D eigenvalue weighted by Gasteiger charge is -2.04. The number of nitrogens with zero attached hydrogens (tertiary/aromatic N) is 1. The number of rotatable bonds is 7. The summed E-state index contributed by atoms with van der Waals surface area (Å²) in [5, 5.41) is 6.79. The van der Waals surface area contributed by atoms with E-state index in [4.69, 9.17) is 5.73 Å². The smallest absolute Gasteiger partial charge is 0.0940 e. The average Bonchev–Trinajstić information content (AvgIpc) is 2.79. The molecule has 2 aromatic rings. The molecular weight excluding hydrogens is 254 g/mol. The van der Waals surface area contributed by atoms with Gasteiger partial charge in [0.25, 0.3) is 0 Å². The number of hydrogen-bond donors (Lipinski definition) is 2. The first-order valence-electron chi connectivity index (χ1n) is 6.70. The van der Waals surface area contributed by atoms with E-state index in [0.29, 0.717) is 0 Å². The predicted molar refractivity (Wildman–Crippen MR) is 82.6 cm³/mol. The number of nitrogen functional groups attached to an aromatic ring is 1. The fraction of sp³-hybridized carbons (Fsp3) is 0.400. The van der Waals surface area contributed by atoms with Crippen LogP contribution in [0.15, 0.2) is 29.6 Å². The summed E-state index contributed by atoms with van der Waals surface area (Å²) in [4.78, 5) is 4.45. The molecule has 1 heterocycles. The van der Waals surface area contributed by atoms with Gasteiger partial charge in [-0.3, -0.25) is 0 Å². The lowest BCUT2D eigenvalue weighted by molar-refractivity contribution is 0.646. The minimum atomic E-state index is 0.851. The van der Waals surface area contributed by atoms with Crippen LogP contribution in [0.2, 0.25) is 0 Å². The molecule has 0 saturated carbocycles. The van der Waals surface area contributed by atoms with Crippen LogP contribution in [-0.2, 0) is 12.8 Å². The Morgan fingerprint density at radius 2 is 2.16 bits per heavy atom. The van der Waals surface area contributed by atoms with Gasteiger partial charge in [-0.25, -0.2) is 4.98 Å². The normalized spacial score (nSPS) is 10.8. The van der Waals surface area contributed by atoms with Crippen molar-refractivity contribution >= 4 is 17.0 Å². The molecule has 0 unspecified atom stereocenters. The van der Waals surface area contributed by atoms with Gasteiger partial charge in [0.2, 0.25) is 0 Å². The Morgan fingerprint density at radius 1 is 1.26 bits per heavy atom. The molecule has 4 heteroatoms. The first-order chi connectivity index (χ1) is 9.24. The summed E-state index contributed by atoms with van der Waals surface area (Å²) in [6.45, 7) is 4.09. The molecule has 0 amide bonds. The Labute approximate surface area is 118 Å². The highest BCUT2D eigenvalue weighted by Gasteiger charge is 1.98. The number of aromatic nitrogens is 1. The van der Waals surface area contributed by atoms with Crippen LogP contribution in [0, 0.1) is 6.92 Å². The van der Waals surface area contributed by atoms with Crippen molar-refractivity contribution in [3.63, 3.8) is 0 Å². The zero-order valence-corrected chi connectivity index (χ0v) is 12.2. The first kappa shape index (κ1) is 14.0. The van der Waals surface area contributed by atoms with Gasteiger partial charge in [0.05, 0.1) is 5.01 Å². The van der Waals surface area contributed by atoms with Crippen LogP contribution >= 0.6 is 11.3 Å². The molecule has 0 aliphatic heterocycles. The van der Waals surface area contributed by atoms with Crippen molar-refractivity contribution in [2.75, 3.05) is 18.8 Å². The number of hydrogen-bond acceptors (Lipinski definition) is 4. The third-order valence-electron chi connectivity index (χ3n) is 2.95. The van der Waals surface area contributed by atoms with Gasteiger partial charge in [-0.05, 0) is 44.0 Å². The second-order valence-electron chi connectivity index (χ2n) is 4.73. The molecule has 102 valence electrons. The summed E-state index contributed by atoms with van der Waals surface area (Å²) in [5.74, 6) is 0. The van der Waals surface area contributed by atoms with Crippen LogP contribution in [0.3, 0.4) is 0 Å². The Balaban J connectivity index is 1.57. The summed E-state index contributed by atoms with van der Waals surface area (Å²) in [6.07, 6.45) is 3.24. The van der Waals surface area contributed by atoms with E-state index in [1.807, 2.05) is 19.1 Å². The molecule has 0 atom stereocenters. The fourth-order valence-electron chi connectivity index (χ4n) is 2.00. The number of nitrogens with two attached hydrogens (primary N) is 1. The van der Waals surface area contributed by atoms with E-state index in [1.165, 1.54) is 10.6 Å². The zero-order valence-electron chi connectivity index (χ0n) is 11.4. The zero-order chi connectivity index (χ0) is 13.5. The fourth-order valence-corrected chi connectivity index (χ4v) is 2.78. The van der Waals surface area contributed by atoms with Crippen molar-refractivity contribution in [3.8, 4) is 0 Å². The maximum Gasteiger partial charge on any atom is 0.0940 e. The molecule has 2 rings (SSSR count). The van der Waals surface area contributed by atoms with Crippen molar-refractivity contribution in [2.45, 2.75) is 26.2 Å². The number of benzene rings is 1. The third-order valence-corrected chi connectivity index (χ3v) is 3.98. The highest BCUT2D eigenvalue weighted by atomic mass is 32.1. The van der Waals surface area contributed by atoms with Crippen LogP contribution in [0.5, 0.6) is 0 Å². The van der Waals surface area contributed by atoms with E-state index < -0.39 is 0 Å². The van der Waals surface area contributed by atoms with Gasteiger partial charge in [0.15, 0.2) is 0 Å². The van der Waals surface area contributed by atoms with Gasteiger partial charge in [-0.1, -0.05) is 12.1 Å². The molecule has 19 heavy (non-hydrogen) atoms. The van der Waals surface area contributed by atoms with E-state index in [2.05, 4.69) is 27.8 Å². The number of thiazole rings is 1. The second kappa shape index (κ2) is 7.26.